The number of hydrogen-bond donors (Lipinski definition) is 1. The van der Waals surface area contributed by atoms with Gasteiger partial charge in [-0.25, -0.2) is 0 Å². The molecule has 0 aliphatic heterocycles. The van der Waals surface area contributed by atoms with E-state index in [1.54, 1.807) is 18.3 Å². The van der Waals surface area contributed by atoms with Gasteiger partial charge < -0.3 is 10.5 Å². The minimum atomic E-state index is 0.247. The van der Waals surface area contributed by atoms with Gasteiger partial charge in [0, 0.05) is 18.3 Å². The fourth-order valence-corrected chi connectivity index (χ4v) is 1.22. The normalized spacial score (nSPS) is 27.8. The zero-order valence-corrected chi connectivity index (χ0v) is 6.68. The van der Waals surface area contributed by atoms with Gasteiger partial charge in [0.05, 0.1) is 0 Å². The lowest BCUT2D eigenvalue weighted by molar-refractivity contribution is 0.0947. The molecule has 0 aromatic carbocycles. The molecule has 1 aliphatic carbocycles. The lowest BCUT2D eigenvalue weighted by atomic mass is 9.90. The van der Waals surface area contributed by atoms with Gasteiger partial charge in [-0.1, -0.05) is 0 Å². The minimum absolute atomic E-state index is 0.247. The van der Waals surface area contributed by atoms with E-state index in [4.69, 9.17) is 10.5 Å². The van der Waals surface area contributed by atoms with Crippen LogP contribution in [-0.4, -0.2) is 22.3 Å². The number of ether oxygens (including phenoxy) is 1. The summed E-state index contributed by atoms with van der Waals surface area (Å²) in [6.45, 7) is 0. The van der Waals surface area contributed by atoms with E-state index < -0.39 is 0 Å². The standard InChI is InChI=1S/C8H11N3O/c9-6-4-7(5-6)12-8-2-1-3-10-11-8/h1-3,6-7H,4-5,9H2. The maximum atomic E-state index is 5.61. The van der Waals surface area contributed by atoms with Crippen LogP contribution in [0.15, 0.2) is 18.3 Å². The van der Waals surface area contributed by atoms with Crippen molar-refractivity contribution in [2.24, 2.45) is 5.73 Å². The topological polar surface area (TPSA) is 61.0 Å². The highest BCUT2D eigenvalue weighted by Crippen LogP contribution is 2.22. The Hall–Kier alpha value is -1.16. The maximum absolute atomic E-state index is 5.61. The highest BCUT2D eigenvalue weighted by molar-refractivity contribution is 5.07. The first kappa shape index (κ1) is 7.49. The summed E-state index contributed by atoms with van der Waals surface area (Å²) in [5.41, 5.74) is 5.61. The molecule has 0 atom stereocenters. The monoisotopic (exact) mass is 165 g/mol. The van der Waals surface area contributed by atoms with Crippen molar-refractivity contribution in [3.8, 4) is 5.88 Å². The molecule has 1 saturated carbocycles. The Morgan fingerprint density at radius 3 is 2.92 bits per heavy atom. The summed E-state index contributed by atoms with van der Waals surface area (Å²) in [5.74, 6) is 0.592. The molecule has 1 heterocycles. The largest absolute Gasteiger partial charge is 0.473 e. The molecular weight excluding hydrogens is 154 g/mol. The van der Waals surface area contributed by atoms with Gasteiger partial charge in [-0.3, -0.25) is 0 Å². The quantitative estimate of drug-likeness (QED) is 0.686. The van der Waals surface area contributed by atoms with E-state index in [0.29, 0.717) is 11.9 Å². The van der Waals surface area contributed by atoms with Crippen LogP contribution < -0.4 is 10.5 Å². The third-order valence-corrected chi connectivity index (χ3v) is 1.97. The van der Waals surface area contributed by atoms with Crippen LogP contribution in [0.2, 0.25) is 0 Å². The first-order valence-corrected chi connectivity index (χ1v) is 4.04. The van der Waals surface area contributed by atoms with Crippen molar-refractivity contribution in [3.05, 3.63) is 18.3 Å². The number of hydrogen-bond acceptors (Lipinski definition) is 4. The third kappa shape index (κ3) is 1.53. The van der Waals surface area contributed by atoms with E-state index in [-0.39, 0.29) is 6.10 Å². The molecule has 12 heavy (non-hydrogen) atoms. The smallest absolute Gasteiger partial charge is 0.233 e. The number of nitrogens with two attached hydrogens (primary N) is 1. The van der Waals surface area contributed by atoms with Crippen LogP contribution in [0.25, 0.3) is 0 Å². The predicted molar refractivity (Wildman–Crippen MR) is 43.7 cm³/mol. The van der Waals surface area contributed by atoms with Gasteiger partial charge in [0.15, 0.2) is 0 Å². The van der Waals surface area contributed by atoms with Crippen LogP contribution in [0.1, 0.15) is 12.8 Å². The summed E-state index contributed by atoms with van der Waals surface area (Å²) in [5, 5.41) is 7.52. The number of nitrogens with zero attached hydrogens (tertiary/aromatic N) is 2. The molecule has 0 radical (unpaired) electrons. The van der Waals surface area contributed by atoms with Crippen LogP contribution in [0.3, 0.4) is 0 Å². The van der Waals surface area contributed by atoms with Crippen LogP contribution in [-0.2, 0) is 0 Å². The Labute approximate surface area is 70.7 Å². The molecule has 0 saturated heterocycles. The zero-order valence-electron chi connectivity index (χ0n) is 6.68. The Balaban J connectivity index is 1.88. The van der Waals surface area contributed by atoms with Gasteiger partial charge in [0.1, 0.15) is 6.10 Å². The second-order valence-electron chi connectivity index (χ2n) is 3.03. The predicted octanol–water partition coefficient (Wildman–Crippen LogP) is 0.345. The summed E-state index contributed by atoms with van der Waals surface area (Å²) in [7, 11) is 0. The summed E-state index contributed by atoms with van der Waals surface area (Å²) in [6.07, 6.45) is 3.73. The molecule has 1 aromatic rings. The van der Waals surface area contributed by atoms with Crippen LogP contribution >= 0.6 is 0 Å². The highest BCUT2D eigenvalue weighted by Gasteiger charge is 2.27. The van der Waals surface area contributed by atoms with Crippen molar-refractivity contribution in [3.63, 3.8) is 0 Å². The Morgan fingerprint density at radius 1 is 1.50 bits per heavy atom. The van der Waals surface area contributed by atoms with E-state index in [0.717, 1.165) is 12.8 Å². The molecule has 1 aliphatic rings. The van der Waals surface area contributed by atoms with Crippen molar-refractivity contribution >= 4 is 0 Å². The van der Waals surface area contributed by atoms with Gasteiger partial charge >= 0.3 is 0 Å². The second kappa shape index (κ2) is 3.06. The maximum Gasteiger partial charge on any atom is 0.233 e. The fraction of sp³-hybridized carbons (Fsp3) is 0.500. The number of rotatable bonds is 2. The summed E-state index contributed by atoms with van der Waals surface area (Å²) >= 11 is 0. The molecule has 2 rings (SSSR count). The van der Waals surface area contributed by atoms with Crippen molar-refractivity contribution < 1.29 is 4.74 Å². The zero-order chi connectivity index (χ0) is 8.39. The van der Waals surface area contributed by atoms with E-state index >= 15 is 0 Å². The molecule has 1 aromatic heterocycles. The average Bonchev–Trinajstić information content (AvgIpc) is 2.04. The van der Waals surface area contributed by atoms with Gasteiger partial charge in [-0.2, -0.15) is 5.10 Å². The molecule has 64 valence electrons. The van der Waals surface area contributed by atoms with Crippen LogP contribution in [0.4, 0.5) is 0 Å². The lowest BCUT2D eigenvalue weighted by Crippen LogP contribution is -2.43. The van der Waals surface area contributed by atoms with Crippen molar-refractivity contribution in [2.45, 2.75) is 25.0 Å². The average molecular weight is 165 g/mol. The van der Waals surface area contributed by atoms with E-state index in [9.17, 15) is 0 Å². The Bertz CT molecular complexity index is 246. The van der Waals surface area contributed by atoms with Crippen LogP contribution in [0.5, 0.6) is 5.88 Å². The van der Waals surface area contributed by atoms with Gasteiger partial charge in [-0.05, 0) is 18.9 Å². The second-order valence-corrected chi connectivity index (χ2v) is 3.03. The molecule has 0 spiro atoms. The molecule has 0 unspecified atom stereocenters. The fourth-order valence-electron chi connectivity index (χ4n) is 1.22. The lowest BCUT2D eigenvalue weighted by Gasteiger charge is -2.31. The Kier molecular flexibility index (Phi) is 1.91. The molecule has 4 nitrogen and oxygen atoms in total. The van der Waals surface area contributed by atoms with Gasteiger partial charge in [0.2, 0.25) is 5.88 Å². The van der Waals surface area contributed by atoms with Gasteiger partial charge in [-0.15, -0.1) is 5.10 Å². The first-order valence-electron chi connectivity index (χ1n) is 4.04. The van der Waals surface area contributed by atoms with E-state index in [1.807, 2.05) is 0 Å². The Morgan fingerprint density at radius 2 is 2.33 bits per heavy atom. The minimum Gasteiger partial charge on any atom is -0.473 e. The van der Waals surface area contributed by atoms with Crippen LogP contribution in [0, 0.1) is 0 Å². The SMILES string of the molecule is NC1CC(Oc2cccnn2)C1. The van der Waals surface area contributed by atoms with E-state index in [1.165, 1.54) is 0 Å². The van der Waals surface area contributed by atoms with Crippen molar-refractivity contribution in [1.29, 1.82) is 0 Å². The van der Waals surface area contributed by atoms with Gasteiger partial charge in [0.25, 0.3) is 0 Å². The molecule has 0 amide bonds. The first-order chi connectivity index (χ1) is 5.84. The summed E-state index contributed by atoms with van der Waals surface area (Å²) in [4.78, 5) is 0. The molecular formula is C8H11N3O. The molecule has 4 heteroatoms. The van der Waals surface area contributed by atoms with Crippen molar-refractivity contribution in [2.75, 3.05) is 0 Å². The van der Waals surface area contributed by atoms with Crippen molar-refractivity contribution in [1.82, 2.24) is 10.2 Å². The molecule has 1 fully saturated rings. The highest BCUT2D eigenvalue weighted by atomic mass is 16.5. The third-order valence-electron chi connectivity index (χ3n) is 1.97. The summed E-state index contributed by atoms with van der Waals surface area (Å²) < 4.78 is 5.47. The molecule has 2 N–H and O–H groups in total. The van der Waals surface area contributed by atoms with E-state index in [2.05, 4.69) is 10.2 Å². The summed E-state index contributed by atoms with van der Waals surface area (Å²) in [6, 6.07) is 3.92. The molecule has 0 bridgehead atoms. The number of aromatic nitrogens is 2.